The lowest BCUT2D eigenvalue weighted by Gasteiger charge is -2.36. The van der Waals surface area contributed by atoms with Crippen LogP contribution in [0, 0.1) is 23.5 Å². The van der Waals surface area contributed by atoms with Crippen LogP contribution >= 0.6 is 11.6 Å². The summed E-state index contributed by atoms with van der Waals surface area (Å²) in [5, 5.41) is 0.612. The van der Waals surface area contributed by atoms with Crippen LogP contribution in [-0.2, 0) is 14.4 Å². The second kappa shape index (κ2) is 13.6. The Balaban J connectivity index is 1.53. The normalized spacial score (nSPS) is 24.6. The molecule has 0 aromatic heterocycles. The van der Waals surface area contributed by atoms with Gasteiger partial charge in [0.05, 0.1) is 17.6 Å². The van der Waals surface area contributed by atoms with Crippen LogP contribution in [0.3, 0.4) is 0 Å². The molecule has 4 atom stereocenters. The van der Waals surface area contributed by atoms with Crippen molar-refractivity contribution in [2.75, 3.05) is 57.8 Å². The molecule has 3 saturated heterocycles. The zero-order chi connectivity index (χ0) is 33.5. The first-order valence-corrected chi connectivity index (χ1v) is 16.6. The second-order valence-electron chi connectivity index (χ2n) is 14.3. The monoisotopic (exact) mass is 657 g/mol. The van der Waals surface area contributed by atoms with Crippen LogP contribution in [0.15, 0.2) is 42.5 Å². The Labute approximate surface area is 276 Å². The molecule has 0 unspecified atom stereocenters. The maximum Gasteiger partial charge on any atom is 0.245 e. The van der Waals surface area contributed by atoms with Crippen molar-refractivity contribution >= 4 is 35.0 Å². The number of likely N-dealkylation sites (N-methyl/N-ethyl adjacent to an activating group) is 1. The summed E-state index contributed by atoms with van der Waals surface area (Å²) in [5.41, 5.74) is 0.754. The van der Waals surface area contributed by atoms with E-state index in [4.69, 9.17) is 11.6 Å². The van der Waals surface area contributed by atoms with E-state index >= 15 is 4.39 Å². The number of hydrogen-bond donors (Lipinski definition) is 0. The minimum absolute atomic E-state index is 0.0518. The minimum atomic E-state index is -0.861. The maximum atomic E-state index is 15.3. The Morgan fingerprint density at radius 1 is 0.913 bits per heavy atom. The maximum absolute atomic E-state index is 15.3. The molecule has 2 aromatic rings. The van der Waals surface area contributed by atoms with Crippen LogP contribution in [0.2, 0.25) is 5.02 Å². The van der Waals surface area contributed by atoms with Crippen molar-refractivity contribution < 1.29 is 23.2 Å². The van der Waals surface area contributed by atoms with E-state index in [0.29, 0.717) is 31.2 Å². The first-order valence-electron chi connectivity index (χ1n) is 16.2. The molecule has 250 valence electrons. The highest BCUT2D eigenvalue weighted by Gasteiger charge is 2.50. The SMILES string of the molecule is CC(C)C(=O)N(c1ccc(F)cc1F)[C@H]1C[C@@H](C(=O)N2CCN(C)CC2)N(C(=O)[C@@H]2CN(C(C)(C)C)C[C@H]2c2ccc(Cl)cc2)C1. The van der Waals surface area contributed by atoms with Crippen molar-refractivity contribution in [2.24, 2.45) is 11.8 Å². The van der Waals surface area contributed by atoms with Gasteiger partial charge in [-0.3, -0.25) is 19.3 Å². The molecule has 0 radical (unpaired) electrons. The van der Waals surface area contributed by atoms with Crippen LogP contribution < -0.4 is 4.90 Å². The third-order valence-corrected chi connectivity index (χ3v) is 10.1. The highest BCUT2D eigenvalue weighted by atomic mass is 35.5. The molecule has 8 nitrogen and oxygen atoms in total. The van der Waals surface area contributed by atoms with E-state index < -0.39 is 35.6 Å². The molecule has 2 aromatic carbocycles. The number of carbonyl (C=O) groups excluding carboxylic acids is 3. The topological polar surface area (TPSA) is 67.4 Å². The molecule has 3 aliphatic heterocycles. The molecular formula is C35H46ClF2N5O3. The lowest BCUT2D eigenvalue weighted by molar-refractivity contribution is -0.147. The number of benzene rings is 2. The van der Waals surface area contributed by atoms with Gasteiger partial charge >= 0.3 is 0 Å². The highest BCUT2D eigenvalue weighted by molar-refractivity contribution is 6.30. The van der Waals surface area contributed by atoms with Gasteiger partial charge in [-0.1, -0.05) is 37.6 Å². The second-order valence-corrected chi connectivity index (χ2v) is 14.8. The molecule has 0 N–H and O–H groups in total. The highest BCUT2D eigenvalue weighted by Crippen LogP contribution is 2.40. The van der Waals surface area contributed by atoms with Gasteiger partial charge in [-0.25, -0.2) is 8.78 Å². The molecule has 11 heteroatoms. The van der Waals surface area contributed by atoms with Crippen molar-refractivity contribution in [3.63, 3.8) is 0 Å². The molecular weight excluding hydrogens is 612 g/mol. The van der Waals surface area contributed by atoms with Crippen molar-refractivity contribution in [1.82, 2.24) is 19.6 Å². The number of halogens is 3. The number of anilines is 1. The molecule has 5 rings (SSSR count). The molecule has 0 bridgehead atoms. The Hall–Kier alpha value is -3.08. The summed E-state index contributed by atoms with van der Waals surface area (Å²) < 4.78 is 29.2. The van der Waals surface area contributed by atoms with Crippen LogP contribution in [0.25, 0.3) is 0 Å². The number of carbonyl (C=O) groups is 3. The van der Waals surface area contributed by atoms with E-state index in [-0.39, 0.29) is 47.8 Å². The van der Waals surface area contributed by atoms with Crippen molar-refractivity contribution in [3.05, 3.63) is 64.7 Å². The van der Waals surface area contributed by atoms with Gasteiger partial charge in [0, 0.05) is 74.3 Å². The lowest BCUT2D eigenvalue weighted by Crippen LogP contribution is -2.54. The molecule has 0 aliphatic carbocycles. The number of amides is 3. The lowest BCUT2D eigenvalue weighted by atomic mass is 9.88. The van der Waals surface area contributed by atoms with Gasteiger partial charge in [-0.2, -0.15) is 0 Å². The molecule has 0 spiro atoms. The third kappa shape index (κ3) is 7.09. The molecule has 3 amide bonds. The molecule has 46 heavy (non-hydrogen) atoms. The van der Waals surface area contributed by atoms with Gasteiger partial charge in [-0.15, -0.1) is 0 Å². The minimum Gasteiger partial charge on any atom is -0.338 e. The van der Waals surface area contributed by atoms with E-state index in [1.54, 1.807) is 23.6 Å². The molecule has 3 fully saturated rings. The van der Waals surface area contributed by atoms with E-state index in [2.05, 4.69) is 30.6 Å². The van der Waals surface area contributed by atoms with E-state index in [1.807, 2.05) is 31.3 Å². The van der Waals surface area contributed by atoms with Crippen molar-refractivity contribution in [2.45, 2.75) is 64.6 Å². The predicted molar refractivity (Wildman–Crippen MR) is 176 cm³/mol. The number of piperazine rings is 1. The third-order valence-electron chi connectivity index (χ3n) is 9.81. The average molecular weight is 658 g/mol. The van der Waals surface area contributed by atoms with E-state index in [1.165, 1.54) is 11.0 Å². The van der Waals surface area contributed by atoms with E-state index in [9.17, 15) is 18.8 Å². The van der Waals surface area contributed by atoms with Crippen molar-refractivity contribution in [3.8, 4) is 0 Å². The number of hydrogen-bond acceptors (Lipinski definition) is 5. The Bertz CT molecular complexity index is 1440. The largest absolute Gasteiger partial charge is 0.338 e. The summed E-state index contributed by atoms with van der Waals surface area (Å²) in [6, 6.07) is 9.24. The summed E-state index contributed by atoms with van der Waals surface area (Å²) in [7, 11) is 2.01. The zero-order valence-corrected chi connectivity index (χ0v) is 28.4. The summed E-state index contributed by atoms with van der Waals surface area (Å²) >= 11 is 6.21. The van der Waals surface area contributed by atoms with Crippen LogP contribution in [0.1, 0.15) is 52.5 Å². The quantitative estimate of drug-likeness (QED) is 0.444. The van der Waals surface area contributed by atoms with Crippen LogP contribution in [-0.4, -0.2) is 108 Å². The average Bonchev–Trinajstić information content (AvgIpc) is 3.64. The fourth-order valence-corrected chi connectivity index (χ4v) is 7.15. The van der Waals surface area contributed by atoms with Gasteiger partial charge in [-0.05, 0) is 64.1 Å². The zero-order valence-electron chi connectivity index (χ0n) is 27.7. The summed E-state index contributed by atoms with van der Waals surface area (Å²) in [6.45, 7) is 13.6. The number of rotatable bonds is 6. The van der Waals surface area contributed by atoms with Crippen LogP contribution in [0.5, 0.6) is 0 Å². The van der Waals surface area contributed by atoms with Gasteiger partial charge in [0.1, 0.15) is 17.7 Å². The van der Waals surface area contributed by atoms with Gasteiger partial charge in [0.25, 0.3) is 0 Å². The van der Waals surface area contributed by atoms with Crippen molar-refractivity contribution in [1.29, 1.82) is 0 Å². The molecule has 3 heterocycles. The molecule has 3 aliphatic rings. The first-order chi connectivity index (χ1) is 21.6. The van der Waals surface area contributed by atoms with Gasteiger partial charge in [0.15, 0.2) is 0 Å². The van der Waals surface area contributed by atoms with Crippen LogP contribution in [0.4, 0.5) is 14.5 Å². The fourth-order valence-electron chi connectivity index (χ4n) is 7.03. The number of nitrogens with zero attached hydrogens (tertiary/aromatic N) is 5. The predicted octanol–water partition coefficient (Wildman–Crippen LogP) is 4.86. The number of likely N-dealkylation sites (tertiary alicyclic amines) is 2. The van der Waals surface area contributed by atoms with Gasteiger partial charge < -0.3 is 19.6 Å². The Kier molecular flexibility index (Phi) is 10.1. The molecule has 0 saturated carbocycles. The first kappa shape index (κ1) is 34.3. The summed E-state index contributed by atoms with van der Waals surface area (Å²) in [5.74, 6) is -3.35. The van der Waals surface area contributed by atoms with E-state index in [0.717, 1.165) is 30.8 Å². The fraction of sp³-hybridized carbons (Fsp3) is 0.571. The summed E-state index contributed by atoms with van der Waals surface area (Å²) in [6.07, 6.45) is 0.160. The Morgan fingerprint density at radius 3 is 2.15 bits per heavy atom. The summed E-state index contributed by atoms with van der Waals surface area (Å²) in [4.78, 5) is 52.0. The smallest absolute Gasteiger partial charge is 0.245 e. The Morgan fingerprint density at radius 2 is 1.57 bits per heavy atom. The standard InChI is InChI=1S/C35H46ClF2N5O3/c1-22(2)32(44)43(30-12-11-25(37)17-29(30)38)26-18-31(34(46)40-15-13-39(6)14-16-40)42(19-26)33(45)28-21-41(35(3,4)5)20-27(28)23-7-9-24(36)10-8-23/h7-12,17,22,26-28,31H,13-16,18-21H2,1-6H3/t26-,27-,28+,31-/m0/s1. The van der Waals surface area contributed by atoms with Gasteiger partial charge in [0.2, 0.25) is 17.7 Å².